The van der Waals surface area contributed by atoms with Crippen molar-refractivity contribution in [2.75, 3.05) is 43.4 Å². The summed E-state index contributed by atoms with van der Waals surface area (Å²) in [5.41, 5.74) is 5.89. The number of pyridine rings is 1. The fourth-order valence-corrected chi connectivity index (χ4v) is 8.06. The van der Waals surface area contributed by atoms with Gasteiger partial charge in [-0.25, -0.2) is 18.2 Å². The van der Waals surface area contributed by atoms with E-state index in [1.54, 1.807) is 18.2 Å². The highest BCUT2D eigenvalue weighted by atomic mass is 35.5. The normalized spacial score (nSPS) is 27.0. The van der Waals surface area contributed by atoms with Gasteiger partial charge in [-0.1, -0.05) is 17.7 Å². The molecule has 4 aliphatic heterocycles. The molecule has 0 unspecified atom stereocenters. The Bertz CT molecular complexity index is 1760. The number of hydrogen-bond donors (Lipinski definition) is 2. The van der Waals surface area contributed by atoms with Gasteiger partial charge >= 0.3 is 6.01 Å². The number of alkyl halides is 1. The van der Waals surface area contributed by atoms with Crippen LogP contribution in [0.15, 0.2) is 30.3 Å². The number of nitrogen functional groups attached to an aromatic ring is 1. The molecule has 0 aliphatic carbocycles. The van der Waals surface area contributed by atoms with Crippen molar-refractivity contribution in [3.8, 4) is 17.1 Å². The van der Waals surface area contributed by atoms with Crippen molar-refractivity contribution in [1.82, 2.24) is 25.2 Å². The van der Waals surface area contributed by atoms with E-state index in [0.717, 1.165) is 32.2 Å². The van der Waals surface area contributed by atoms with Gasteiger partial charge in [0.25, 0.3) is 0 Å². The van der Waals surface area contributed by atoms with E-state index in [0.29, 0.717) is 47.8 Å². The molecule has 43 heavy (non-hydrogen) atoms. The molecule has 0 spiro atoms. The van der Waals surface area contributed by atoms with Crippen molar-refractivity contribution >= 4 is 45.0 Å². The van der Waals surface area contributed by atoms with Crippen LogP contribution in [0.2, 0.25) is 5.02 Å². The first-order valence-corrected chi connectivity index (χ1v) is 15.2. The van der Waals surface area contributed by atoms with Crippen molar-refractivity contribution in [2.45, 2.75) is 55.9 Å². The molecule has 4 fully saturated rings. The van der Waals surface area contributed by atoms with Crippen molar-refractivity contribution in [3.63, 3.8) is 0 Å². The molecular weight excluding hydrogens is 579 g/mol. The average molecular weight is 610 g/mol. The highest BCUT2D eigenvalue weighted by Crippen LogP contribution is 2.43. The van der Waals surface area contributed by atoms with Crippen LogP contribution in [-0.4, -0.2) is 76.4 Å². The molecule has 8 nitrogen and oxygen atoms in total. The van der Waals surface area contributed by atoms with Gasteiger partial charge in [0.1, 0.15) is 35.7 Å². The highest BCUT2D eigenvalue weighted by Gasteiger charge is 2.49. The lowest BCUT2D eigenvalue weighted by Gasteiger charge is -2.34. The lowest BCUT2D eigenvalue weighted by molar-refractivity contribution is 0.107. The summed E-state index contributed by atoms with van der Waals surface area (Å²) in [5.74, 6) is -1.11. The van der Waals surface area contributed by atoms with Crippen LogP contribution in [0.4, 0.5) is 24.8 Å². The largest absolute Gasteiger partial charge is 0.461 e. The van der Waals surface area contributed by atoms with Gasteiger partial charge in [-0.05, 0) is 56.5 Å². The van der Waals surface area contributed by atoms with E-state index in [1.807, 2.05) is 0 Å². The van der Waals surface area contributed by atoms with Gasteiger partial charge in [0.2, 0.25) is 0 Å². The van der Waals surface area contributed by atoms with Crippen LogP contribution < -0.4 is 20.7 Å². The number of ether oxygens (including phenoxy) is 1. The minimum atomic E-state index is -0.911. The molecule has 0 amide bonds. The molecule has 0 saturated carbocycles. The summed E-state index contributed by atoms with van der Waals surface area (Å²) in [6, 6.07) is 8.28. The molecule has 4 aliphatic rings. The van der Waals surface area contributed by atoms with Crippen LogP contribution in [0.1, 0.15) is 32.1 Å². The predicted octanol–water partition coefficient (Wildman–Crippen LogP) is 5.25. The highest BCUT2D eigenvalue weighted by molar-refractivity contribution is 6.36. The Morgan fingerprint density at radius 3 is 2.72 bits per heavy atom. The number of benzene rings is 2. The van der Waals surface area contributed by atoms with Gasteiger partial charge in [-0.15, -0.1) is 0 Å². The zero-order valence-corrected chi connectivity index (χ0v) is 24.2. The Balaban J connectivity index is 1.28. The first-order valence-electron chi connectivity index (χ1n) is 14.9. The van der Waals surface area contributed by atoms with Crippen LogP contribution in [0.25, 0.3) is 32.9 Å². The fourth-order valence-electron chi connectivity index (χ4n) is 7.79. The summed E-state index contributed by atoms with van der Waals surface area (Å²) in [6.07, 6.45) is 3.31. The Kier molecular flexibility index (Phi) is 6.36. The Hall–Kier alpha value is -3.41. The molecule has 0 radical (unpaired) electrons. The number of nitrogens with zero attached hydrogens (tertiary/aromatic N) is 5. The Morgan fingerprint density at radius 2 is 1.91 bits per heavy atom. The number of aromatic nitrogens is 3. The van der Waals surface area contributed by atoms with Gasteiger partial charge in [-0.2, -0.15) is 9.97 Å². The third-order valence-electron chi connectivity index (χ3n) is 9.66. The third-order valence-corrected chi connectivity index (χ3v) is 9.98. The molecule has 2 bridgehead atoms. The molecular formula is C31H31ClF3N7O. The number of nitrogens with two attached hydrogens (primary N) is 1. The quantitative estimate of drug-likeness (QED) is 0.317. The van der Waals surface area contributed by atoms with Gasteiger partial charge in [0.05, 0.1) is 21.6 Å². The first kappa shape index (κ1) is 27.2. The van der Waals surface area contributed by atoms with E-state index in [-0.39, 0.29) is 52.5 Å². The summed E-state index contributed by atoms with van der Waals surface area (Å²) in [4.78, 5) is 17.8. The van der Waals surface area contributed by atoms with E-state index >= 15 is 8.78 Å². The number of hydrogen-bond acceptors (Lipinski definition) is 8. The first-order chi connectivity index (χ1) is 20.8. The second-order valence-electron chi connectivity index (χ2n) is 12.4. The van der Waals surface area contributed by atoms with E-state index in [1.165, 1.54) is 12.1 Å². The third kappa shape index (κ3) is 4.46. The SMILES string of the molecule is Nc1cc(-c2c(F)cc3c(N4C[C@H]5CC[C@@H](C4)N5)nc(OC[C@@]45CCCN4C[C@H](F)C5)nc3c2F)c2c(Cl)cccc2n1. The van der Waals surface area contributed by atoms with Crippen LogP contribution in [0.5, 0.6) is 6.01 Å². The fraction of sp³-hybridized carbons (Fsp3) is 0.452. The molecule has 8 rings (SSSR count). The van der Waals surface area contributed by atoms with Gasteiger partial charge in [-0.3, -0.25) is 4.90 Å². The molecule has 4 saturated heterocycles. The molecule has 3 N–H and O–H groups in total. The second-order valence-corrected chi connectivity index (χ2v) is 12.8. The molecule has 4 atom stereocenters. The van der Waals surface area contributed by atoms with E-state index < -0.39 is 23.3 Å². The molecule has 2 aromatic heterocycles. The van der Waals surface area contributed by atoms with Gasteiger partial charge < -0.3 is 20.7 Å². The number of anilines is 2. The maximum Gasteiger partial charge on any atom is 0.319 e. The average Bonchev–Trinajstić information content (AvgIpc) is 3.62. The van der Waals surface area contributed by atoms with Crippen LogP contribution in [0.3, 0.4) is 0 Å². The summed E-state index contributed by atoms with van der Waals surface area (Å²) < 4.78 is 53.5. The van der Waals surface area contributed by atoms with Gasteiger partial charge in [0, 0.05) is 54.5 Å². The number of nitrogens with one attached hydrogen (secondary N) is 1. The number of rotatable bonds is 5. The van der Waals surface area contributed by atoms with Crippen LogP contribution >= 0.6 is 11.6 Å². The van der Waals surface area contributed by atoms with Crippen LogP contribution in [-0.2, 0) is 0 Å². The van der Waals surface area contributed by atoms with Crippen molar-refractivity contribution in [1.29, 1.82) is 0 Å². The lowest BCUT2D eigenvalue weighted by atomic mass is 9.95. The maximum atomic E-state index is 16.7. The zero-order valence-electron chi connectivity index (χ0n) is 23.4. The minimum absolute atomic E-state index is 0.00879. The monoisotopic (exact) mass is 609 g/mol. The van der Waals surface area contributed by atoms with E-state index in [4.69, 9.17) is 27.1 Å². The topological polar surface area (TPSA) is 92.4 Å². The second kappa shape index (κ2) is 10.1. The predicted molar refractivity (Wildman–Crippen MR) is 160 cm³/mol. The Morgan fingerprint density at radius 1 is 1.09 bits per heavy atom. The molecule has 12 heteroatoms. The smallest absolute Gasteiger partial charge is 0.319 e. The lowest BCUT2D eigenvalue weighted by Crippen LogP contribution is -2.51. The van der Waals surface area contributed by atoms with E-state index in [2.05, 4.69) is 25.1 Å². The minimum Gasteiger partial charge on any atom is -0.461 e. The zero-order chi connectivity index (χ0) is 29.5. The molecule has 224 valence electrons. The van der Waals surface area contributed by atoms with Crippen LogP contribution in [0, 0.1) is 11.6 Å². The molecule has 6 heterocycles. The number of piperazine rings is 1. The number of halogens is 4. The van der Waals surface area contributed by atoms with Crippen molar-refractivity contribution in [2.24, 2.45) is 0 Å². The number of fused-ring (bicyclic) bond motifs is 5. The molecule has 4 aromatic rings. The standard InChI is InChI=1S/C31H31ClF3N7O/c32-21-3-1-4-23-25(21)19(10-24(36)38-23)26-22(34)9-20-28(27(26)35)39-30(40-29(20)41-13-17-5-6-18(14-41)37-17)43-15-31-7-2-8-42(31)12-16(33)11-31/h1,3-4,9-10,16-18,37H,2,5-8,11-15H2,(H2,36,38)/t16-,17-,18+,31+/m1/s1. The van der Waals surface area contributed by atoms with Crippen molar-refractivity contribution < 1.29 is 17.9 Å². The van der Waals surface area contributed by atoms with Gasteiger partial charge in [0.15, 0.2) is 5.82 Å². The maximum absolute atomic E-state index is 16.7. The summed E-state index contributed by atoms with van der Waals surface area (Å²) in [7, 11) is 0. The summed E-state index contributed by atoms with van der Waals surface area (Å²) in [6.45, 7) is 2.70. The summed E-state index contributed by atoms with van der Waals surface area (Å²) in [5, 5.41) is 4.54. The van der Waals surface area contributed by atoms with Crippen molar-refractivity contribution in [3.05, 3.63) is 47.0 Å². The van der Waals surface area contributed by atoms with E-state index in [9.17, 15) is 4.39 Å². The Labute approximate surface area is 251 Å². The summed E-state index contributed by atoms with van der Waals surface area (Å²) >= 11 is 6.52. The molecule has 2 aromatic carbocycles.